The van der Waals surface area contributed by atoms with Gasteiger partial charge in [-0.1, -0.05) is 12.1 Å². The van der Waals surface area contributed by atoms with Gasteiger partial charge in [-0.15, -0.1) is 0 Å². The lowest BCUT2D eigenvalue weighted by Gasteiger charge is -2.13. The number of hydrogen-bond acceptors (Lipinski definition) is 0. The fourth-order valence-corrected chi connectivity index (χ4v) is 4.74. The van der Waals surface area contributed by atoms with E-state index in [-0.39, 0.29) is 5.82 Å². The van der Waals surface area contributed by atoms with E-state index < -0.39 is 0 Å². The third-order valence-electron chi connectivity index (χ3n) is 5.91. The second kappa shape index (κ2) is 4.96. The Morgan fingerprint density at radius 2 is 1.79 bits per heavy atom. The first kappa shape index (κ1) is 15.4. The van der Waals surface area contributed by atoms with Crippen molar-refractivity contribution >= 4 is 54.7 Å². The summed E-state index contributed by atoms with van der Waals surface area (Å²) in [6.45, 7) is 9.66. The number of fused-ring (bicyclic) bond motifs is 5. The Hall–Kier alpha value is -3.71. The predicted octanol–water partition coefficient (Wildman–Crippen LogP) is 5.81. The van der Waals surface area contributed by atoms with Crippen LogP contribution in [0.15, 0.2) is 54.7 Å². The molecule has 0 aliphatic carbocycles. The van der Waals surface area contributed by atoms with E-state index in [1.807, 2.05) is 30.5 Å². The van der Waals surface area contributed by atoms with Crippen LogP contribution in [0.2, 0.25) is 0 Å². The molecule has 4 heteroatoms. The minimum Gasteiger partial charge on any atom is -0.309 e. The molecule has 0 bridgehead atoms. The Morgan fingerprint density at radius 1 is 0.964 bits per heavy atom. The van der Waals surface area contributed by atoms with Crippen LogP contribution in [-0.4, -0.2) is 4.40 Å². The standard InChI is InChI=1S/C24H15FN3/c1-13-4-6-18-17-7-5-15(25)11-19(17)28-20-12-16(26-2)10-14-8-9-27(3)24(22(14)20)21(13)23(18)28/h4-12H,1,3H3/q+1. The van der Waals surface area contributed by atoms with Gasteiger partial charge in [-0.05, 0) is 48.2 Å². The zero-order valence-corrected chi connectivity index (χ0v) is 15.4. The van der Waals surface area contributed by atoms with E-state index in [4.69, 9.17) is 6.57 Å². The maximum atomic E-state index is 14.2. The number of halogens is 1. The molecule has 0 unspecified atom stereocenters. The molecule has 0 radical (unpaired) electrons. The molecule has 0 saturated carbocycles. The summed E-state index contributed by atoms with van der Waals surface area (Å²) in [5.74, 6) is -0.258. The maximum absolute atomic E-state index is 14.2. The van der Waals surface area contributed by atoms with E-state index in [2.05, 4.69) is 39.9 Å². The summed E-state index contributed by atoms with van der Waals surface area (Å²) in [5, 5.41) is 5.42. The summed E-state index contributed by atoms with van der Waals surface area (Å²) >= 11 is 0. The summed E-state index contributed by atoms with van der Waals surface area (Å²) in [5.41, 5.74) is 5.77. The molecule has 3 aromatic heterocycles. The smallest absolute Gasteiger partial charge is 0.224 e. The van der Waals surface area contributed by atoms with Crippen molar-refractivity contribution in [2.24, 2.45) is 7.05 Å². The third kappa shape index (κ3) is 1.69. The molecular formula is C24H15FN3+. The van der Waals surface area contributed by atoms with Crippen LogP contribution in [0.1, 0.15) is 5.56 Å². The van der Waals surface area contributed by atoms with Crippen molar-refractivity contribution in [1.29, 1.82) is 0 Å². The van der Waals surface area contributed by atoms with Crippen LogP contribution in [0.3, 0.4) is 0 Å². The van der Waals surface area contributed by atoms with Gasteiger partial charge in [0.1, 0.15) is 12.9 Å². The Bertz CT molecular complexity index is 1650. The van der Waals surface area contributed by atoms with Crippen molar-refractivity contribution in [1.82, 2.24) is 4.40 Å². The van der Waals surface area contributed by atoms with Crippen LogP contribution in [0.25, 0.3) is 53.8 Å². The van der Waals surface area contributed by atoms with Crippen LogP contribution in [0.4, 0.5) is 10.1 Å². The van der Waals surface area contributed by atoms with Crippen LogP contribution in [0, 0.1) is 19.3 Å². The van der Waals surface area contributed by atoms with E-state index >= 15 is 0 Å². The van der Waals surface area contributed by atoms with Crippen LogP contribution in [-0.2, 0) is 7.05 Å². The SMILES string of the molecule is [C-]#[N+]c1cc2cc[n+](C)c3c4c(C)ccc5c6ccc(F)cc6n(c(c1)c23)c54. The molecule has 3 heterocycles. The Balaban J connectivity index is 2.13. The van der Waals surface area contributed by atoms with E-state index in [1.165, 1.54) is 17.0 Å². The average molecular weight is 364 g/mol. The maximum Gasteiger partial charge on any atom is 0.224 e. The van der Waals surface area contributed by atoms with Crippen molar-refractivity contribution < 1.29 is 8.96 Å². The second-order valence-corrected chi connectivity index (χ2v) is 7.47. The number of aryl methyl sites for hydroxylation is 2. The zero-order chi connectivity index (χ0) is 19.2. The van der Waals surface area contributed by atoms with Gasteiger partial charge in [0.2, 0.25) is 5.52 Å². The van der Waals surface area contributed by atoms with Gasteiger partial charge in [-0.25, -0.2) is 13.8 Å². The molecule has 132 valence electrons. The quantitative estimate of drug-likeness (QED) is 0.140. The van der Waals surface area contributed by atoms with Gasteiger partial charge < -0.3 is 4.40 Å². The van der Waals surface area contributed by atoms with Crippen LogP contribution in [0.5, 0.6) is 0 Å². The fourth-order valence-electron chi connectivity index (χ4n) is 4.74. The first-order valence-corrected chi connectivity index (χ1v) is 9.16. The second-order valence-electron chi connectivity index (χ2n) is 7.47. The molecule has 0 spiro atoms. The molecule has 0 aliphatic heterocycles. The van der Waals surface area contributed by atoms with Crippen molar-refractivity contribution in [3.05, 3.63) is 77.5 Å². The summed E-state index contributed by atoms with van der Waals surface area (Å²) in [7, 11) is 2.05. The number of nitrogens with zero attached hydrogens (tertiary/aromatic N) is 3. The molecule has 0 amide bonds. The number of aromatic nitrogens is 2. The van der Waals surface area contributed by atoms with E-state index in [9.17, 15) is 4.39 Å². The molecular weight excluding hydrogens is 349 g/mol. The van der Waals surface area contributed by atoms with E-state index in [1.54, 1.807) is 6.07 Å². The fraction of sp³-hybridized carbons (Fsp3) is 0.0833. The van der Waals surface area contributed by atoms with Gasteiger partial charge in [-0.3, -0.25) is 0 Å². The first-order chi connectivity index (χ1) is 13.6. The van der Waals surface area contributed by atoms with Crippen molar-refractivity contribution in [2.45, 2.75) is 6.92 Å². The van der Waals surface area contributed by atoms with E-state index in [0.717, 1.165) is 43.6 Å². The molecule has 6 rings (SSSR count). The highest BCUT2D eigenvalue weighted by atomic mass is 19.1. The van der Waals surface area contributed by atoms with Crippen molar-refractivity contribution in [3.63, 3.8) is 0 Å². The molecule has 0 fully saturated rings. The third-order valence-corrected chi connectivity index (χ3v) is 5.91. The van der Waals surface area contributed by atoms with Gasteiger partial charge in [0.05, 0.1) is 33.9 Å². The number of hydrogen-bond donors (Lipinski definition) is 0. The number of benzene rings is 3. The van der Waals surface area contributed by atoms with E-state index in [0.29, 0.717) is 5.69 Å². The number of rotatable bonds is 0. The summed E-state index contributed by atoms with van der Waals surface area (Å²) in [6, 6.07) is 15.1. The zero-order valence-electron chi connectivity index (χ0n) is 15.4. The summed E-state index contributed by atoms with van der Waals surface area (Å²) in [4.78, 5) is 3.68. The molecule has 0 N–H and O–H groups in total. The van der Waals surface area contributed by atoms with Gasteiger partial charge in [0.15, 0.2) is 11.9 Å². The topological polar surface area (TPSA) is 12.7 Å². The van der Waals surface area contributed by atoms with Crippen LogP contribution >= 0.6 is 0 Å². The van der Waals surface area contributed by atoms with Gasteiger partial charge in [0, 0.05) is 16.8 Å². The molecule has 0 atom stereocenters. The van der Waals surface area contributed by atoms with Gasteiger partial charge in [0.25, 0.3) is 0 Å². The highest BCUT2D eigenvalue weighted by Gasteiger charge is 2.24. The molecule has 3 aromatic carbocycles. The monoisotopic (exact) mass is 364 g/mol. The molecule has 28 heavy (non-hydrogen) atoms. The lowest BCUT2D eigenvalue weighted by atomic mass is 9.99. The number of pyridine rings is 2. The van der Waals surface area contributed by atoms with Gasteiger partial charge in [-0.2, -0.15) is 0 Å². The molecule has 0 saturated heterocycles. The van der Waals surface area contributed by atoms with Crippen LogP contribution < -0.4 is 4.57 Å². The average Bonchev–Trinajstić information content (AvgIpc) is 3.02. The Morgan fingerprint density at radius 3 is 2.61 bits per heavy atom. The van der Waals surface area contributed by atoms with Crippen molar-refractivity contribution in [3.8, 4) is 0 Å². The largest absolute Gasteiger partial charge is 0.309 e. The Kier molecular flexibility index (Phi) is 2.72. The Labute approximate surface area is 160 Å². The predicted molar refractivity (Wildman–Crippen MR) is 111 cm³/mol. The first-order valence-electron chi connectivity index (χ1n) is 9.16. The summed E-state index contributed by atoms with van der Waals surface area (Å²) in [6.07, 6.45) is 2.05. The minimum absolute atomic E-state index is 0.258. The summed E-state index contributed by atoms with van der Waals surface area (Å²) < 4.78 is 18.5. The van der Waals surface area contributed by atoms with Crippen molar-refractivity contribution in [2.75, 3.05) is 0 Å². The lowest BCUT2D eigenvalue weighted by Crippen LogP contribution is -2.28. The normalized spacial score (nSPS) is 12.1. The highest BCUT2D eigenvalue weighted by molar-refractivity contribution is 6.26. The minimum atomic E-state index is -0.258. The van der Waals surface area contributed by atoms with Gasteiger partial charge >= 0.3 is 0 Å². The molecule has 3 nitrogen and oxygen atoms in total. The lowest BCUT2D eigenvalue weighted by molar-refractivity contribution is -0.643. The molecule has 6 aromatic rings. The highest BCUT2D eigenvalue weighted by Crippen LogP contribution is 2.41. The molecule has 0 aliphatic rings.